The van der Waals surface area contributed by atoms with Crippen LogP contribution in [-0.4, -0.2) is 19.2 Å². The van der Waals surface area contributed by atoms with E-state index in [1.54, 1.807) is 6.07 Å². The van der Waals surface area contributed by atoms with E-state index in [1.165, 1.54) is 11.3 Å². The van der Waals surface area contributed by atoms with Crippen molar-refractivity contribution in [3.05, 3.63) is 47.4 Å². The highest BCUT2D eigenvalue weighted by Crippen LogP contribution is 2.22. The zero-order chi connectivity index (χ0) is 13.8. The summed E-state index contributed by atoms with van der Waals surface area (Å²) in [6.07, 6.45) is 0. The predicted molar refractivity (Wildman–Crippen MR) is 77.5 cm³/mol. The Bertz CT molecular complexity index is 547. The molecule has 0 atom stereocenters. The predicted octanol–water partition coefficient (Wildman–Crippen LogP) is 2.76. The van der Waals surface area contributed by atoms with Crippen LogP contribution in [0.2, 0.25) is 0 Å². The molecule has 1 heterocycles. The Labute approximate surface area is 113 Å². The Balaban J connectivity index is 2.03. The zero-order valence-corrected chi connectivity index (χ0v) is 11.6. The molecule has 0 amide bonds. The molecule has 2 N–H and O–H groups in total. The van der Waals surface area contributed by atoms with Gasteiger partial charge in [0.1, 0.15) is 18.1 Å². The van der Waals surface area contributed by atoms with Crippen molar-refractivity contribution in [1.82, 2.24) is 0 Å². The Morgan fingerprint density at radius 2 is 1.89 bits per heavy atom. The number of aliphatic hydroxyl groups excluding tert-OH is 1. The first-order valence-corrected chi connectivity index (χ1v) is 6.30. The van der Waals surface area contributed by atoms with E-state index in [-0.39, 0.29) is 6.61 Å². The van der Waals surface area contributed by atoms with Gasteiger partial charge in [0.2, 0.25) is 0 Å². The van der Waals surface area contributed by atoms with Crippen molar-refractivity contribution in [1.29, 1.82) is 0 Å². The molecule has 0 radical (unpaired) electrons. The van der Waals surface area contributed by atoms with Gasteiger partial charge in [0.05, 0.1) is 6.54 Å². The van der Waals surface area contributed by atoms with E-state index in [2.05, 4.69) is 35.3 Å². The second-order valence-electron chi connectivity index (χ2n) is 4.77. The van der Waals surface area contributed by atoms with Crippen LogP contribution in [0, 0.1) is 6.92 Å². The van der Waals surface area contributed by atoms with Gasteiger partial charge in [0.15, 0.2) is 0 Å². The summed E-state index contributed by atoms with van der Waals surface area (Å²) in [6.45, 7) is 2.63. The summed E-state index contributed by atoms with van der Waals surface area (Å²) < 4.78 is 5.44. The molecule has 19 heavy (non-hydrogen) atoms. The number of anilines is 2. The topological polar surface area (TPSA) is 48.6 Å². The average Bonchev–Trinajstić information content (AvgIpc) is 2.85. The van der Waals surface area contributed by atoms with Gasteiger partial charge in [-0.25, -0.2) is 0 Å². The van der Waals surface area contributed by atoms with E-state index in [0.717, 1.165) is 11.4 Å². The van der Waals surface area contributed by atoms with Crippen molar-refractivity contribution in [2.45, 2.75) is 20.1 Å². The number of aryl methyl sites for hydroxylation is 1. The number of hydrogen-bond donors (Lipinski definition) is 2. The molecule has 0 aliphatic carbocycles. The van der Waals surface area contributed by atoms with Crippen LogP contribution in [0.3, 0.4) is 0 Å². The maximum Gasteiger partial charge on any atom is 0.129 e. The molecule has 0 aliphatic rings. The van der Waals surface area contributed by atoms with Gasteiger partial charge in [-0.05, 0) is 42.8 Å². The lowest BCUT2D eigenvalue weighted by molar-refractivity contribution is 0.244. The molecule has 0 aliphatic heterocycles. The third-order valence-electron chi connectivity index (χ3n) is 3.05. The molecule has 0 fully saturated rings. The van der Waals surface area contributed by atoms with Crippen molar-refractivity contribution in [3.8, 4) is 0 Å². The maximum atomic E-state index is 8.94. The first-order valence-electron chi connectivity index (χ1n) is 6.30. The van der Waals surface area contributed by atoms with Gasteiger partial charge >= 0.3 is 0 Å². The van der Waals surface area contributed by atoms with Gasteiger partial charge < -0.3 is 19.7 Å². The van der Waals surface area contributed by atoms with Crippen LogP contribution < -0.4 is 10.2 Å². The standard InChI is InChI=1S/C15H20N2O2/c1-11-8-12(17(2)3)4-7-15(11)16-9-13-5-6-14(10-18)19-13/h4-8,16,18H,9-10H2,1-3H3. The summed E-state index contributed by atoms with van der Waals surface area (Å²) in [7, 11) is 4.06. The van der Waals surface area contributed by atoms with E-state index >= 15 is 0 Å². The normalized spacial score (nSPS) is 10.5. The monoisotopic (exact) mass is 260 g/mol. The number of nitrogens with zero attached hydrogens (tertiary/aromatic N) is 1. The van der Waals surface area contributed by atoms with E-state index in [1.807, 2.05) is 20.2 Å². The van der Waals surface area contributed by atoms with Gasteiger partial charge in [-0.15, -0.1) is 0 Å². The first kappa shape index (κ1) is 13.5. The highest BCUT2D eigenvalue weighted by atomic mass is 16.4. The Morgan fingerprint density at radius 3 is 2.47 bits per heavy atom. The average molecular weight is 260 g/mol. The smallest absolute Gasteiger partial charge is 0.129 e. The number of hydrogen-bond acceptors (Lipinski definition) is 4. The number of nitrogens with one attached hydrogen (secondary N) is 1. The second kappa shape index (κ2) is 5.80. The van der Waals surface area contributed by atoms with Crippen LogP contribution in [-0.2, 0) is 13.2 Å². The van der Waals surface area contributed by atoms with Crippen LogP contribution in [0.1, 0.15) is 17.1 Å². The van der Waals surface area contributed by atoms with Gasteiger partial charge in [-0.3, -0.25) is 0 Å². The SMILES string of the molecule is Cc1cc(N(C)C)ccc1NCc1ccc(CO)o1. The van der Waals surface area contributed by atoms with Crippen LogP contribution in [0.15, 0.2) is 34.7 Å². The first-order chi connectivity index (χ1) is 9.10. The molecule has 4 heteroatoms. The lowest BCUT2D eigenvalue weighted by Gasteiger charge is -2.15. The Kier molecular flexibility index (Phi) is 4.12. The van der Waals surface area contributed by atoms with Gasteiger partial charge in [-0.1, -0.05) is 0 Å². The van der Waals surface area contributed by atoms with Crippen molar-refractivity contribution < 1.29 is 9.52 Å². The minimum atomic E-state index is -0.0590. The fourth-order valence-corrected chi connectivity index (χ4v) is 1.91. The molecule has 0 saturated heterocycles. The minimum Gasteiger partial charge on any atom is -0.462 e. The van der Waals surface area contributed by atoms with Crippen molar-refractivity contribution in [3.63, 3.8) is 0 Å². The van der Waals surface area contributed by atoms with Crippen LogP contribution >= 0.6 is 0 Å². The highest BCUT2D eigenvalue weighted by molar-refractivity contribution is 5.59. The maximum absolute atomic E-state index is 8.94. The van der Waals surface area contributed by atoms with Gasteiger partial charge in [0.25, 0.3) is 0 Å². The fraction of sp³-hybridized carbons (Fsp3) is 0.333. The molecule has 2 aromatic rings. The third kappa shape index (κ3) is 3.29. The molecular formula is C15H20N2O2. The molecule has 102 valence electrons. The molecule has 1 aromatic heterocycles. The molecule has 4 nitrogen and oxygen atoms in total. The lowest BCUT2D eigenvalue weighted by Crippen LogP contribution is -2.09. The zero-order valence-electron chi connectivity index (χ0n) is 11.6. The van der Waals surface area contributed by atoms with E-state index < -0.39 is 0 Å². The van der Waals surface area contributed by atoms with Crippen LogP contribution in [0.5, 0.6) is 0 Å². The summed E-state index contributed by atoms with van der Waals surface area (Å²) in [6, 6.07) is 9.96. The molecular weight excluding hydrogens is 240 g/mol. The molecule has 1 aromatic carbocycles. The Morgan fingerprint density at radius 1 is 1.16 bits per heavy atom. The number of benzene rings is 1. The van der Waals surface area contributed by atoms with E-state index in [0.29, 0.717) is 12.3 Å². The summed E-state index contributed by atoms with van der Waals surface area (Å²) >= 11 is 0. The molecule has 0 saturated carbocycles. The van der Waals surface area contributed by atoms with Crippen molar-refractivity contribution in [2.24, 2.45) is 0 Å². The lowest BCUT2D eigenvalue weighted by atomic mass is 10.1. The number of aliphatic hydroxyl groups is 1. The fourth-order valence-electron chi connectivity index (χ4n) is 1.91. The molecule has 2 rings (SSSR count). The molecule has 0 bridgehead atoms. The number of rotatable bonds is 5. The van der Waals surface area contributed by atoms with Crippen LogP contribution in [0.4, 0.5) is 11.4 Å². The quantitative estimate of drug-likeness (QED) is 0.868. The summed E-state index contributed by atoms with van der Waals surface area (Å²) in [5.41, 5.74) is 3.47. The summed E-state index contributed by atoms with van der Waals surface area (Å²) in [5.74, 6) is 1.41. The minimum absolute atomic E-state index is 0.0590. The third-order valence-corrected chi connectivity index (χ3v) is 3.05. The van der Waals surface area contributed by atoms with E-state index in [4.69, 9.17) is 9.52 Å². The second-order valence-corrected chi connectivity index (χ2v) is 4.77. The van der Waals surface area contributed by atoms with Crippen molar-refractivity contribution in [2.75, 3.05) is 24.3 Å². The summed E-state index contributed by atoms with van der Waals surface area (Å²) in [4.78, 5) is 2.08. The highest BCUT2D eigenvalue weighted by Gasteiger charge is 2.04. The summed E-state index contributed by atoms with van der Waals surface area (Å²) in [5, 5.41) is 12.3. The number of furan rings is 1. The molecule has 0 spiro atoms. The van der Waals surface area contributed by atoms with Crippen LogP contribution in [0.25, 0.3) is 0 Å². The molecule has 0 unspecified atom stereocenters. The Hall–Kier alpha value is -1.94. The van der Waals surface area contributed by atoms with Crippen molar-refractivity contribution >= 4 is 11.4 Å². The van der Waals surface area contributed by atoms with Gasteiger partial charge in [-0.2, -0.15) is 0 Å². The van der Waals surface area contributed by atoms with Gasteiger partial charge in [0, 0.05) is 25.5 Å². The van der Waals surface area contributed by atoms with E-state index in [9.17, 15) is 0 Å². The largest absolute Gasteiger partial charge is 0.462 e.